The van der Waals surface area contributed by atoms with Crippen LogP contribution in [0.15, 0.2) is 12.3 Å². The Bertz CT molecular complexity index is 553. The number of ether oxygens (including phenoxy) is 1. The van der Waals surface area contributed by atoms with E-state index in [0.717, 1.165) is 0 Å². The zero-order chi connectivity index (χ0) is 11.7. The summed E-state index contributed by atoms with van der Waals surface area (Å²) in [7, 11) is 0. The molecule has 5 nitrogen and oxygen atoms in total. The van der Waals surface area contributed by atoms with Gasteiger partial charge in [-0.25, -0.2) is 4.79 Å². The first kappa shape index (κ1) is 11.2. The van der Waals surface area contributed by atoms with Crippen molar-refractivity contribution in [2.45, 2.75) is 6.92 Å². The van der Waals surface area contributed by atoms with Gasteiger partial charge in [-0.05, 0) is 24.6 Å². The number of pyridine rings is 1. The quantitative estimate of drug-likeness (QED) is 0.777. The maximum absolute atomic E-state index is 11.5. The van der Waals surface area contributed by atoms with Crippen molar-refractivity contribution in [3.8, 4) is 0 Å². The molecule has 0 aliphatic rings. The zero-order valence-corrected chi connectivity index (χ0v) is 9.79. The molecule has 7 heteroatoms. The number of carbonyl (C=O) groups is 1. The van der Waals surface area contributed by atoms with E-state index >= 15 is 0 Å². The normalized spacial score (nSPS) is 10.7. The molecule has 16 heavy (non-hydrogen) atoms. The molecule has 2 aromatic rings. The molecule has 0 aromatic carbocycles. The highest BCUT2D eigenvalue weighted by Gasteiger charge is 2.16. The third-order valence-electron chi connectivity index (χ3n) is 1.97. The van der Waals surface area contributed by atoms with Crippen LogP contribution in [-0.4, -0.2) is 27.2 Å². The first-order valence-corrected chi connectivity index (χ1v) is 5.26. The highest BCUT2D eigenvalue weighted by atomic mass is 35.5. The van der Waals surface area contributed by atoms with Gasteiger partial charge in [-0.2, -0.15) is 0 Å². The van der Waals surface area contributed by atoms with E-state index in [4.69, 9.17) is 27.9 Å². The first-order chi connectivity index (χ1) is 7.65. The lowest BCUT2D eigenvalue weighted by Crippen LogP contribution is -2.06. The average molecular weight is 260 g/mol. The molecule has 0 aliphatic heterocycles. The fourth-order valence-corrected chi connectivity index (χ4v) is 1.71. The molecule has 0 atom stereocenters. The van der Waals surface area contributed by atoms with Gasteiger partial charge in [0, 0.05) is 6.20 Å². The smallest absolute Gasteiger partial charge is 0.339 e. The number of hydrogen-bond acceptors (Lipinski definition) is 4. The van der Waals surface area contributed by atoms with Gasteiger partial charge in [-0.3, -0.25) is 4.40 Å². The molecule has 0 fully saturated rings. The summed E-state index contributed by atoms with van der Waals surface area (Å²) in [4.78, 5) is 11.5. The Morgan fingerprint density at radius 2 is 2.25 bits per heavy atom. The number of rotatable bonds is 2. The maximum Gasteiger partial charge on any atom is 0.339 e. The minimum Gasteiger partial charge on any atom is -0.462 e. The number of carbonyl (C=O) groups excluding carboxylic acids is 1. The second-order valence-electron chi connectivity index (χ2n) is 2.93. The van der Waals surface area contributed by atoms with Gasteiger partial charge in [-0.1, -0.05) is 11.6 Å². The lowest BCUT2D eigenvalue weighted by molar-refractivity contribution is 0.0526. The topological polar surface area (TPSA) is 56.5 Å². The van der Waals surface area contributed by atoms with Gasteiger partial charge in [-0.15, -0.1) is 10.2 Å². The number of esters is 1. The highest BCUT2D eigenvalue weighted by Crippen LogP contribution is 2.23. The SMILES string of the molecule is CCOC(=O)c1ccn2c(Cl)nnc2c1Cl. The maximum atomic E-state index is 11.5. The number of fused-ring (bicyclic) bond motifs is 1. The summed E-state index contributed by atoms with van der Waals surface area (Å²) in [5.41, 5.74) is 0.581. The van der Waals surface area contributed by atoms with Crippen LogP contribution in [0.25, 0.3) is 5.65 Å². The van der Waals surface area contributed by atoms with Crippen LogP contribution < -0.4 is 0 Å². The molecular formula is C9H7Cl2N3O2. The van der Waals surface area contributed by atoms with E-state index in [-0.39, 0.29) is 22.5 Å². The summed E-state index contributed by atoms with van der Waals surface area (Å²) in [6.07, 6.45) is 1.57. The minimum absolute atomic E-state index is 0.181. The van der Waals surface area contributed by atoms with Crippen LogP contribution in [-0.2, 0) is 4.74 Å². The first-order valence-electron chi connectivity index (χ1n) is 4.51. The summed E-state index contributed by atoms with van der Waals surface area (Å²) >= 11 is 11.8. The second-order valence-corrected chi connectivity index (χ2v) is 3.64. The van der Waals surface area contributed by atoms with Crippen molar-refractivity contribution in [2.75, 3.05) is 6.61 Å². The monoisotopic (exact) mass is 259 g/mol. The summed E-state index contributed by atoms with van der Waals surface area (Å²) < 4.78 is 6.33. The summed E-state index contributed by atoms with van der Waals surface area (Å²) in [6.45, 7) is 2.01. The third-order valence-corrected chi connectivity index (χ3v) is 2.60. The lowest BCUT2D eigenvalue weighted by Gasteiger charge is -2.04. The molecule has 0 bridgehead atoms. The largest absolute Gasteiger partial charge is 0.462 e. The van der Waals surface area contributed by atoms with Crippen LogP contribution in [0.2, 0.25) is 10.3 Å². The number of halogens is 2. The van der Waals surface area contributed by atoms with Crippen molar-refractivity contribution in [1.29, 1.82) is 0 Å². The van der Waals surface area contributed by atoms with E-state index < -0.39 is 5.97 Å². The molecule has 2 heterocycles. The molecule has 84 valence electrons. The Morgan fingerprint density at radius 1 is 1.50 bits per heavy atom. The molecule has 0 aliphatic carbocycles. The Kier molecular flexibility index (Phi) is 2.98. The van der Waals surface area contributed by atoms with Crippen LogP contribution in [0.1, 0.15) is 17.3 Å². The molecule has 0 radical (unpaired) electrons. The molecule has 0 amide bonds. The fraction of sp³-hybridized carbons (Fsp3) is 0.222. The summed E-state index contributed by atoms with van der Waals surface area (Å²) in [5, 5.41) is 7.78. The standard InChI is InChI=1S/C9H7Cl2N3O2/c1-2-16-8(15)5-3-4-14-7(6(5)10)12-13-9(14)11/h3-4H,2H2,1H3. The molecule has 0 N–H and O–H groups in total. The van der Waals surface area contributed by atoms with Gasteiger partial charge in [0.05, 0.1) is 12.2 Å². The zero-order valence-electron chi connectivity index (χ0n) is 8.28. The van der Waals surface area contributed by atoms with E-state index in [1.807, 2.05) is 0 Å². The molecule has 0 spiro atoms. The van der Waals surface area contributed by atoms with Crippen molar-refractivity contribution in [1.82, 2.24) is 14.6 Å². The van der Waals surface area contributed by atoms with Crippen molar-refractivity contribution < 1.29 is 9.53 Å². The van der Waals surface area contributed by atoms with E-state index in [2.05, 4.69) is 10.2 Å². The van der Waals surface area contributed by atoms with Crippen LogP contribution in [0.3, 0.4) is 0 Å². The summed E-state index contributed by atoms with van der Waals surface area (Å²) in [6, 6.07) is 1.52. The van der Waals surface area contributed by atoms with Crippen molar-refractivity contribution in [3.63, 3.8) is 0 Å². The second kappa shape index (κ2) is 4.27. The highest BCUT2D eigenvalue weighted by molar-refractivity contribution is 6.36. The van der Waals surface area contributed by atoms with Crippen molar-refractivity contribution in [2.24, 2.45) is 0 Å². The van der Waals surface area contributed by atoms with Crippen LogP contribution >= 0.6 is 23.2 Å². The molecule has 2 aromatic heterocycles. The van der Waals surface area contributed by atoms with Crippen LogP contribution in [0.5, 0.6) is 0 Å². The average Bonchev–Trinajstić information content (AvgIpc) is 2.62. The predicted octanol–water partition coefficient (Wildman–Crippen LogP) is 2.21. The summed E-state index contributed by atoms with van der Waals surface area (Å²) in [5.74, 6) is -0.492. The Hall–Kier alpha value is -1.33. The molecule has 2 rings (SSSR count). The van der Waals surface area contributed by atoms with E-state index in [1.54, 1.807) is 13.1 Å². The van der Waals surface area contributed by atoms with Gasteiger partial charge in [0.1, 0.15) is 5.02 Å². The molecule has 0 saturated carbocycles. The third kappa shape index (κ3) is 1.72. The van der Waals surface area contributed by atoms with E-state index in [9.17, 15) is 4.79 Å². The number of nitrogens with zero attached hydrogens (tertiary/aromatic N) is 3. The molecule has 0 saturated heterocycles. The molecule has 0 unspecified atom stereocenters. The Balaban J connectivity index is 2.56. The van der Waals surface area contributed by atoms with Gasteiger partial charge >= 0.3 is 5.97 Å². The Labute approximate surface area is 101 Å². The van der Waals surface area contributed by atoms with E-state index in [0.29, 0.717) is 5.65 Å². The van der Waals surface area contributed by atoms with E-state index in [1.165, 1.54) is 10.5 Å². The van der Waals surface area contributed by atoms with Gasteiger partial charge in [0.2, 0.25) is 5.28 Å². The number of hydrogen-bond donors (Lipinski definition) is 0. The predicted molar refractivity (Wildman–Crippen MR) is 59.0 cm³/mol. The van der Waals surface area contributed by atoms with Gasteiger partial charge in [0.25, 0.3) is 0 Å². The van der Waals surface area contributed by atoms with Crippen molar-refractivity contribution in [3.05, 3.63) is 28.1 Å². The van der Waals surface area contributed by atoms with Gasteiger partial charge < -0.3 is 4.74 Å². The molecular weight excluding hydrogens is 253 g/mol. The van der Waals surface area contributed by atoms with Crippen LogP contribution in [0.4, 0.5) is 0 Å². The minimum atomic E-state index is -0.492. The number of aromatic nitrogens is 3. The van der Waals surface area contributed by atoms with Crippen LogP contribution in [0, 0.1) is 0 Å². The fourth-order valence-electron chi connectivity index (χ4n) is 1.26. The lowest BCUT2D eigenvalue weighted by atomic mass is 10.2. The Morgan fingerprint density at radius 3 is 2.94 bits per heavy atom. The van der Waals surface area contributed by atoms with Gasteiger partial charge in [0.15, 0.2) is 5.65 Å². The van der Waals surface area contributed by atoms with Crippen molar-refractivity contribution >= 4 is 34.8 Å².